The Kier molecular flexibility index (Phi) is 7.25. The van der Waals surface area contributed by atoms with Gasteiger partial charge in [0.15, 0.2) is 0 Å². The van der Waals surface area contributed by atoms with Gasteiger partial charge in [-0.15, -0.1) is 0 Å². The molecule has 0 rings (SSSR count). The Morgan fingerprint density at radius 2 is 1.29 bits per heavy atom. The molecule has 0 saturated carbocycles. The maximum Gasteiger partial charge on any atom is 0.312 e. The Morgan fingerprint density at radius 1 is 0.905 bits per heavy atom. The van der Waals surface area contributed by atoms with Crippen molar-refractivity contribution in [2.75, 3.05) is 0 Å². The topological polar surface area (TPSA) is 112 Å². The number of carboxylic acid groups (broad SMARTS) is 2. The van der Waals surface area contributed by atoms with Gasteiger partial charge in [-0.1, -0.05) is 0 Å². The second kappa shape index (κ2) is 7.69. The average Bonchev–Trinajstić information content (AvgIpc) is 2.23. The van der Waals surface area contributed by atoms with E-state index in [9.17, 15) is 9.59 Å². The van der Waals surface area contributed by atoms with Gasteiger partial charge in [-0.3, -0.25) is 9.59 Å². The summed E-state index contributed by atoms with van der Waals surface area (Å²) in [6, 6.07) is 0. The summed E-state index contributed by atoms with van der Waals surface area (Å²) in [6.07, 6.45) is -2.21. The molecule has 0 heterocycles. The minimum atomic E-state index is -1.52. The van der Waals surface area contributed by atoms with Gasteiger partial charge in [0.1, 0.15) is 5.92 Å². The maximum absolute atomic E-state index is 11.2. The van der Waals surface area contributed by atoms with Gasteiger partial charge in [-0.25, -0.2) is 9.78 Å². The van der Waals surface area contributed by atoms with Crippen molar-refractivity contribution >= 4 is 11.9 Å². The summed E-state index contributed by atoms with van der Waals surface area (Å²) in [5.74, 6) is -4.17. The van der Waals surface area contributed by atoms with Crippen LogP contribution in [-0.2, 0) is 29.1 Å². The molecule has 8 nitrogen and oxygen atoms in total. The van der Waals surface area contributed by atoms with Gasteiger partial charge in [0, 0.05) is 0 Å². The highest BCUT2D eigenvalue weighted by Gasteiger charge is 2.36. The van der Waals surface area contributed by atoms with Crippen LogP contribution >= 0.6 is 0 Å². The first kappa shape index (κ1) is 19.8. The van der Waals surface area contributed by atoms with E-state index < -0.39 is 41.8 Å². The first-order valence-electron chi connectivity index (χ1n) is 6.45. The molecule has 0 fully saturated rings. The van der Waals surface area contributed by atoms with Crippen molar-refractivity contribution < 1.29 is 39.4 Å². The van der Waals surface area contributed by atoms with Gasteiger partial charge in [0.25, 0.3) is 0 Å². The first-order valence-corrected chi connectivity index (χ1v) is 6.45. The van der Waals surface area contributed by atoms with E-state index in [2.05, 4.69) is 0 Å². The van der Waals surface area contributed by atoms with E-state index in [0.717, 1.165) is 0 Å². The van der Waals surface area contributed by atoms with Crippen LogP contribution in [0.1, 0.15) is 48.0 Å². The highest BCUT2D eigenvalue weighted by Crippen LogP contribution is 2.21. The molecular formula is C13H24O8. The highest BCUT2D eigenvalue weighted by molar-refractivity contribution is 5.78. The monoisotopic (exact) mass is 308 g/mol. The predicted molar refractivity (Wildman–Crippen MR) is 71.0 cm³/mol. The van der Waals surface area contributed by atoms with Crippen molar-refractivity contribution in [3.05, 3.63) is 0 Å². The summed E-state index contributed by atoms with van der Waals surface area (Å²) >= 11 is 0. The van der Waals surface area contributed by atoms with Crippen LogP contribution in [0.5, 0.6) is 0 Å². The van der Waals surface area contributed by atoms with Crippen LogP contribution < -0.4 is 0 Å². The fourth-order valence-corrected chi connectivity index (χ4v) is 1.02. The van der Waals surface area contributed by atoms with Crippen molar-refractivity contribution in [1.29, 1.82) is 0 Å². The second-order valence-corrected chi connectivity index (χ2v) is 6.49. The van der Waals surface area contributed by atoms with Crippen LogP contribution in [0, 0.1) is 5.92 Å². The van der Waals surface area contributed by atoms with E-state index in [-0.39, 0.29) is 0 Å². The van der Waals surface area contributed by atoms with E-state index in [1.54, 1.807) is 41.5 Å². The summed E-state index contributed by atoms with van der Waals surface area (Å²) in [5.41, 5.74) is -1.45. The van der Waals surface area contributed by atoms with Crippen molar-refractivity contribution in [3.8, 4) is 0 Å². The van der Waals surface area contributed by atoms with Crippen LogP contribution in [0.25, 0.3) is 0 Å². The van der Waals surface area contributed by atoms with E-state index in [1.165, 1.54) is 0 Å². The molecule has 124 valence electrons. The van der Waals surface area contributed by atoms with E-state index in [4.69, 9.17) is 29.8 Å². The van der Waals surface area contributed by atoms with Gasteiger partial charge < -0.3 is 10.2 Å². The van der Waals surface area contributed by atoms with Crippen LogP contribution in [0.2, 0.25) is 0 Å². The van der Waals surface area contributed by atoms with Gasteiger partial charge in [0.2, 0.25) is 6.29 Å². The van der Waals surface area contributed by atoms with Crippen molar-refractivity contribution in [2.45, 2.75) is 65.5 Å². The fraction of sp³-hybridized carbons (Fsp3) is 0.846. The third kappa shape index (κ3) is 10.2. The van der Waals surface area contributed by atoms with Crippen molar-refractivity contribution in [2.24, 2.45) is 5.92 Å². The zero-order valence-electron chi connectivity index (χ0n) is 13.2. The van der Waals surface area contributed by atoms with E-state index in [1.807, 2.05) is 0 Å². The maximum atomic E-state index is 11.2. The lowest BCUT2D eigenvalue weighted by atomic mass is 10.1. The lowest BCUT2D eigenvalue weighted by Gasteiger charge is -2.28. The molecule has 2 N–H and O–H groups in total. The molecule has 1 unspecified atom stereocenters. The number of carboxylic acids is 2. The molecule has 0 amide bonds. The van der Waals surface area contributed by atoms with Gasteiger partial charge in [-0.2, -0.15) is 9.78 Å². The minimum Gasteiger partial charge on any atom is -0.481 e. The quantitative estimate of drug-likeness (QED) is 0.398. The van der Waals surface area contributed by atoms with Gasteiger partial charge >= 0.3 is 11.9 Å². The smallest absolute Gasteiger partial charge is 0.312 e. The predicted octanol–water partition coefficient (Wildman–Crippen LogP) is 1.98. The summed E-state index contributed by atoms with van der Waals surface area (Å²) in [7, 11) is 0. The van der Waals surface area contributed by atoms with E-state index >= 15 is 0 Å². The highest BCUT2D eigenvalue weighted by atomic mass is 17.3. The summed E-state index contributed by atoms with van der Waals surface area (Å²) in [6.45, 7) is 10.1. The molecule has 0 aromatic carbocycles. The number of aliphatic carboxylic acids is 2. The van der Waals surface area contributed by atoms with Crippen molar-refractivity contribution in [1.82, 2.24) is 0 Å². The molecule has 0 aliphatic heterocycles. The Morgan fingerprint density at radius 3 is 1.52 bits per heavy atom. The lowest BCUT2D eigenvalue weighted by Crippen LogP contribution is -2.38. The lowest BCUT2D eigenvalue weighted by molar-refractivity contribution is -0.503. The third-order valence-electron chi connectivity index (χ3n) is 1.83. The molecule has 0 spiro atoms. The number of hydrogen-bond acceptors (Lipinski definition) is 6. The molecule has 0 aliphatic carbocycles. The third-order valence-corrected chi connectivity index (χ3v) is 1.83. The Hall–Kier alpha value is -1.22. The molecular weight excluding hydrogens is 284 g/mol. The fourth-order valence-electron chi connectivity index (χ4n) is 1.02. The van der Waals surface area contributed by atoms with Crippen molar-refractivity contribution in [3.63, 3.8) is 0 Å². The largest absolute Gasteiger partial charge is 0.481 e. The molecule has 0 bridgehead atoms. The molecule has 0 aromatic heterocycles. The standard InChI is InChI=1S/C13H24O8/c1-12(2,3)20-18-11(19-21-13(4,5)6)8(10(16)17)7-9(14)15/h8,11H,7H2,1-6H3,(H,14,15)(H,16,17). The second-order valence-electron chi connectivity index (χ2n) is 6.49. The molecule has 1 atom stereocenters. The number of rotatable bonds is 8. The van der Waals surface area contributed by atoms with Crippen LogP contribution in [0.15, 0.2) is 0 Å². The summed E-state index contributed by atoms with van der Waals surface area (Å²) in [4.78, 5) is 41.8. The number of carbonyl (C=O) groups is 2. The molecule has 0 aliphatic rings. The molecule has 0 saturated heterocycles. The molecule has 21 heavy (non-hydrogen) atoms. The molecule has 8 heteroatoms. The molecule has 0 radical (unpaired) electrons. The average molecular weight is 308 g/mol. The number of hydrogen-bond donors (Lipinski definition) is 2. The normalized spacial score (nSPS) is 14.2. The van der Waals surface area contributed by atoms with Crippen LogP contribution in [0.3, 0.4) is 0 Å². The first-order chi connectivity index (χ1) is 9.32. The zero-order chi connectivity index (χ0) is 16.8. The Balaban J connectivity index is 4.96. The van der Waals surface area contributed by atoms with Crippen LogP contribution in [-0.4, -0.2) is 39.6 Å². The van der Waals surface area contributed by atoms with E-state index in [0.29, 0.717) is 0 Å². The Labute approximate surface area is 123 Å². The SMILES string of the molecule is CC(C)(C)OOC(OOC(C)(C)C)C(CC(=O)O)C(=O)O. The van der Waals surface area contributed by atoms with Crippen LogP contribution in [0.4, 0.5) is 0 Å². The minimum absolute atomic E-state index is 0.693. The van der Waals surface area contributed by atoms with Gasteiger partial charge in [0.05, 0.1) is 17.6 Å². The Bertz CT molecular complexity index is 334. The zero-order valence-corrected chi connectivity index (χ0v) is 13.2. The molecule has 0 aromatic rings. The van der Waals surface area contributed by atoms with Gasteiger partial charge in [-0.05, 0) is 41.5 Å². The summed E-state index contributed by atoms with van der Waals surface area (Å²) in [5, 5.41) is 17.9. The summed E-state index contributed by atoms with van der Waals surface area (Å²) < 4.78 is 0.